The number of piperidine rings is 1. The summed E-state index contributed by atoms with van der Waals surface area (Å²) in [4.78, 5) is 13.3. The minimum atomic E-state index is -3.62. The monoisotopic (exact) mass is 636 g/mol. The Labute approximate surface area is 255 Å². The van der Waals surface area contributed by atoms with Crippen LogP contribution >= 0.6 is 11.6 Å². The zero-order valence-electron chi connectivity index (χ0n) is 24.7. The van der Waals surface area contributed by atoms with E-state index >= 15 is 4.39 Å². The normalized spacial score (nSPS) is 25.6. The largest absolute Gasteiger partial charge is 0.387 e. The summed E-state index contributed by atoms with van der Waals surface area (Å²) in [5.74, 6) is -0.0915. The van der Waals surface area contributed by atoms with Crippen LogP contribution in [0.4, 0.5) is 10.3 Å². The number of benzene rings is 1. The molecule has 11 nitrogen and oxygen atoms in total. The van der Waals surface area contributed by atoms with Crippen molar-refractivity contribution in [1.82, 2.24) is 23.8 Å². The summed E-state index contributed by atoms with van der Waals surface area (Å²) in [7, 11) is -3.62. The Hall–Kier alpha value is -2.42. The number of rotatable bonds is 7. The maximum absolute atomic E-state index is 15.4. The molecule has 6 rings (SSSR count). The van der Waals surface area contributed by atoms with Gasteiger partial charge in [0.2, 0.25) is 16.0 Å². The SMILES string of the molecule is CC(C)n1c(C(C)(C)O)nc2c(F)cc(-c3nc(N[C@@H]4C[C@H]5CO[C@@H]([C@H]4O)N5S(=O)(=O)C4CCCCC4)ncc3Cl)cc21. The Bertz CT molecular complexity index is 1640. The van der Waals surface area contributed by atoms with E-state index in [-0.39, 0.29) is 34.8 Å². The van der Waals surface area contributed by atoms with Gasteiger partial charge in [0.15, 0.2) is 12.0 Å². The number of aromatic nitrogens is 4. The summed E-state index contributed by atoms with van der Waals surface area (Å²) in [6.07, 6.45) is 3.61. The van der Waals surface area contributed by atoms with Crippen LogP contribution in [-0.4, -0.2) is 78.7 Å². The predicted molar refractivity (Wildman–Crippen MR) is 161 cm³/mol. The molecule has 3 aromatic rings. The van der Waals surface area contributed by atoms with Gasteiger partial charge in [0.25, 0.3) is 0 Å². The second kappa shape index (κ2) is 11.2. The molecule has 1 aromatic carbocycles. The first-order valence-electron chi connectivity index (χ1n) is 14.8. The molecule has 0 radical (unpaired) electrons. The van der Waals surface area contributed by atoms with Gasteiger partial charge in [-0.1, -0.05) is 30.9 Å². The Kier molecular flexibility index (Phi) is 7.96. The highest BCUT2D eigenvalue weighted by Crippen LogP contribution is 2.39. The van der Waals surface area contributed by atoms with Crippen molar-refractivity contribution in [3.8, 4) is 11.3 Å². The van der Waals surface area contributed by atoms with Crippen LogP contribution in [0.25, 0.3) is 22.3 Å². The standard InChI is InChI=1S/C29H38ClFN6O5S/c1-15(2)36-22-11-16(10-20(31)24(22)34-27(36)29(3,4)39)23-19(30)13-32-28(35-23)33-21-12-17-14-42-26(25(21)38)37(17)43(40,41)18-8-6-5-7-9-18/h10-11,13,15,17-18,21,25-26,38-39H,5-9,12,14H2,1-4H3,(H,32,33,35)/t17-,21+,25-,26-/m0/s1. The summed E-state index contributed by atoms with van der Waals surface area (Å²) in [5, 5.41) is 24.8. The summed E-state index contributed by atoms with van der Waals surface area (Å²) in [6, 6.07) is 1.91. The maximum Gasteiger partial charge on any atom is 0.223 e. The molecule has 2 aromatic heterocycles. The Morgan fingerprint density at radius 2 is 1.91 bits per heavy atom. The summed E-state index contributed by atoms with van der Waals surface area (Å²) in [5.41, 5.74) is -0.0164. The number of sulfonamides is 1. The van der Waals surface area contributed by atoms with Crippen molar-refractivity contribution in [2.75, 3.05) is 11.9 Å². The van der Waals surface area contributed by atoms with Gasteiger partial charge in [0.05, 0.1) is 46.4 Å². The first-order chi connectivity index (χ1) is 20.3. The summed E-state index contributed by atoms with van der Waals surface area (Å²) >= 11 is 6.50. The molecule has 43 heavy (non-hydrogen) atoms. The molecule has 2 aliphatic heterocycles. The number of anilines is 1. The number of fused-ring (bicyclic) bond motifs is 3. The van der Waals surface area contributed by atoms with E-state index in [1.54, 1.807) is 24.5 Å². The van der Waals surface area contributed by atoms with Crippen molar-refractivity contribution in [3.63, 3.8) is 0 Å². The molecule has 14 heteroatoms. The lowest BCUT2D eigenvalue weighted by Gasteiger charge is -2.41. The van der Waals surface area contributed by atoms with Gasteiger partial charge >= 0.3 is 0 Å². The molecule has 1 aliphatic carbocycles. The van der Waals surface area contributed by atoms with Crippen molar-refractivity contribution >= 4 is 38.6 Å². The van der Waals surface area contributed by atoms with Crippen LogP contribution in [-0.2, 0) is 20.4 Å². The van der Waals surface area contributed by atoms with Gasteiger partial charge in [-0.2, -0.15) is 4.31 Å². The van der Waals surface area contributed by atoms with E-state index in [0.29, 0.717) is 36.2 Å². The lowest BCUT2D eigenvalue weighted by molar-refractivity contribution is -0.0559. The number of halogens is 2. The number of imidazole rings is 1. The molecule has 2 saturated heterocycles. The van der Waals surface area contributed by atoms with E-state index in [9.17, 15) is 18.6 Å². The number of nitrogens with one attached hydrogen (secondary N) is 1. The number of nitrogens with zero attached hydrogens (tertiary/aromatic N) is 5. The fraction of sp³-hybridized carbons (Fsp3) is 0.621. The van der Waals surface area contributed by atoms with Crippen LogP contribution in [0.3, 0.4) is 0 Å². The molecule has 1 saturated carbocycles. The average molecular weight is 637 g/mol. The van der Waals surface area contributed by atoms with Gasteiger partial charge in [0, 0.05) is 11.6 Å². The molecule has 0 amide bonds. The second-order valence-electron chi connectivity index (χ2n) is 12.7. The van der Waals surface area contributed by atoms with E-state index in [1.165, 1.54) is 16.6 Å². The van der Waals surface area contributed by atoms with Crippen molar-refractivity contribution < 1.29 is 27.8 Å². The molecular weight excluding hydrogens is 599 g/mol. The third-order valence-electron chi connectivity index (χ3n) is 8.71. The van der Waals surface area contributed by atoms with E-state index in [4.69, 9.17) is 16.3 Å². The Morgan fingerprint density at radius 1 is 1.19 bits per heavy atom. The number of aliphatic hydroxyl groups is 2. The summed E-state index contributed by atoms with van der Waals surface area (Å²) in [6.45, 7) is 7.26. The second-order valence-corrected chi connectivity index (χ2v) is 15.2. The van der Waals surface area contributed by atoms with E-state index in [0.717, 1.165) is 19.3 Å². The zero-order chi connectivity index (χ0) is 30.8. The molecular formula is C29H38ClFN6O5S. The van der Waals surface area contributed by atoms with Crippen molar-refractivity contribution in [1.29, 1.82) is 0 Å². The lowest BCUT2D eigenvalue weighted by atomic mass is 9.98. The van der Waals surface area contributed by atoms with E-state index in [2.05, 4.69) is 20.3 Å². The molecule has 3 aliphatic rings. The quantitative estimate of drug-likeness (QED) is 0.345. The molecule has 234 valence electrons. The molecule has 3 fully saturated rings. The highest BCUT2D eigenvalue weighted by molar-refractivity contribution is 7.89. The van der Waals surface area contributed by atoms with Gasteiger partial charge in [0.1, 0.15) is 23.0 Å². The molecule has 4 atom stereocenters. The van der Waals surface area contributed by atoms with Gasteiger partial charge < -0.3 is 24.8 Å². The van der Waals surface area contributed by atoms with Gasteiger partial charge in [-0.3, -0.25) is 0 Å². The van der Waals surface area contributed by atoms with Crippen LogP contribution in [0, 0.1) is 5.82 Å². The zero-order valence-corrected chi connectivity index (χ0v) is 26.2. The van der Waals surface area contributed by atoms with Crippen molar-refractivity contribution in [2.45, 2.75) is 108 Å². The number of hydrogen-bond acceptors (Lipinski definition) is 9. The summed E-state index contributed by atoms with van der Waals surface area (Å²) < 4.78 is 51.4. The highest BCUT2D eigenvalue weighted by Gasteiger charge is 2.54. The van der Waals surface area contributed by atoms with Crippen LogP contribution in [0.15, 0.2) is 18.3 Å². The van der Waals surface area contributed by atoms with E-state index in [1.807, 2.05) is 13.8 Å². The molecule has 0 spiro atoms. The Morgan fingerprint density at radius 3 is 2.58 bits per heavy atom. The molecule has 4 heterocycles. The number of ether oxygens (including phenoxy) is 1. The molecule has 0 unspecified atom stereocenters. The first-order valence-corrected chi connectivity index (χ1v) is 16.7. The number of aliphatic hydroxyl groups excluding tert-OH is 1. The van der Waals surface area contributed by atoms with Crippen LogP contribution in [0.5, 0.6) is 0 Å². The third kappa shape index (κ3) is 5.42. The van der Waals surface area contributed by atoms with E-state index < -0.39 is 51.1 Å². The Balaban J connectivity index is 1.29. The van der Waals surface area contributed by atoms with Crippen LogP contribution in [0.2, 0.25) is 5.02 Å². The fourth-order valence-electron chi connectivity index (χ4n) is 6.70. The van der Waals surface area contributed by atoms with Gasteiger partial charge in [-0.15, -0.1) is 0 Å². The van der Waals surface area contributed by atoms with Crippen LogP contribution < -0.4 is 5.32 Å². The highest BCUT2D eigenvalue weighted by atomic mass is 35.5. The topological polar surface area (TPSA) is 143 Å². The van der Waals surface area contributed by atoms with Crippen molar-refractivity contribution in [3.05, 3.63) is 35.0 Å². The first kappa shape index (κ1) is 30.6. The maximum atomic E-state index is 15.4. The lowest BCUT2D eigenvalue weighted by Crippen LogP contribution is -2.60. The van der Waals surface area contributed by atoms with Crippen molar-refractivity contribution in [2.24, 2.45) is 0 Å². The molecule has 3 N–H and O–H groups in total. The minimum Gasteiger partial charge on any atom is -0.387 e. The molecule has 2 bridgehead atoms. The number of hydrogen-bond donors (Lipinski definition) is 3. The van der Waals surface area contributed by atoms with Crippen LogP contribution in [0.1, 0.15) is 78.1 Å². The van der Waals surface area contributed by atoms with Gasteiger partial charge in [-0.05, 0) is 59.1 Å². The minimum absolute atomic E-state index is 0.119. The average Bonchev–Trinajstić information content (AvgIpc) is 3.53. The predicted octanol–water partition coefficient (Wildman–Crippen LogP) is 4.33. The smallest absolute Gasteiger partial charge is 0.223 e. The third-order valence-corrected chi connectivity index (χ3v) is 11.4. The van der Waals surface area contributed by atoms with Gasteiger partial charge in [-0.25, -0.2) is 27.8 Å². The fourth-order valence-corrected chi connectivity index (χ4v) is 9.21.